The summed E-state index contributed by atoms with van der Waals surface area (Å²) >= 11 is 1.72. The summed E-state index contributed by atoms with van der Waals surface area (Å²) in [5, 5.41) is 2.90. The summed E-state index contributed by atoms with van der Waals surface area (Å²) in [4.78, 5) is 29.3. The summed E-state index contributed by atoms with van der Waals surface area (Å²) in [5.74, 6) is 1.08. The van der Waals surface area contributed by atoms with Gasteiger partial charge in [0.2, 0.25) is 11.8 Å². The van der Waals surface area contributed by atoms with Crippen molar-refractivity contribution in [3.8, 4) is 0 Å². The highest BCUT2D eigenvalue weighted by molar-refractivity contribution is 7.99. The zero-order valence-corrected chi connectivity index (χ0v) is 15.3. The number of amides is 2. The molecule has 0 aliphatic carbocycles. The Morgan fingerprint density at radius 2 is 1.79 bits per heavy atom. The van der Waals surface area contributed by atoms with Crippen LogP contribution in [0.15, 0.2) is 35.2 Å². The zero-order valence-electron chi connectivity index (χ0n) is 14.5. The third kappa shape index (κ3) is 6.53. The van der Waals surface area contributed by atoms with Gasteiger partial charge in [-0.25, -0.2) is 0 Å². The number of thioether (sulfide) groups is 1. The van der Waals surface area contributed by atoms with Crippen LogP contribution in [0.25, 0.3) is 0 Å². The van der Waals surface area contributed by atoms with Gasteiger partial charge in [0.05, 0.1) is 6.54 Å². The molecule has 0 radical (unpaired) electrons. The number of hydrogen-bond acceptors (Lipinski definition) is 4. The lowest BCUT2D eigenvalue weighted by atomic mass is 10.2. The van der Waals surface area contributed by atoms with Crippen LogP contribution in [0, 0.1) is 0 Å². The van der Waals surface area contributed by atoms with Gasteiger partial charge in [-0.2, -0.15) is 0 Å². The quantitative estimate of drug-likeness (QED) is 0.763. The Kier molecular flexibility index (Phi) is 7.59. The van der Waals surface area contributed by atoms with Gasteiger partial charge in [0, 0.05) is 49.3 Å². The predicted molar refractivity (Wildman–Crippen MR) is 98.1 cm³/mol. The lowest BCUT2D eigenvalue weighted by Crippen LogP contribution is -2.51. The van der Waals surface area contributed by atoms with E-state index in [-0.39, 0.29) is 17.9 Å². The molecular weight excluding hydrogens is 322 g/mol. The van der Waals surface area contributed by atoms with Crippen LogP contribution in [0.3, 0.4) is 0 Å². The van der Waals surface area contributed by atoms with Gasteiger partial charge in [-0.05, 0) is 26.0 Å². The summed E-state index contributed by atoms with van der Waals surface area (Å²) in [7, 11) is 0. The number of nitrogens with zero attached hydrogens (tertiary/aromatic N) is 2. The van der Waals surface area contributed by atoms with Crippen LogP contribution >= 0.6 is 11.8 Å². The van der Waals surface area contributed by atoms with Crippen LogP contribution < -0.4 is 5.32 Å². The minimum Gasteiger partial charge on any atom is -0.353 e. The average molecular weight is 350 g/mol. The molecule has 2 amide bonds. The van der Waals surface area contributed by atoms with Crippen molar-refractivity contribution in [2.45, 2.75) is 31.2 Å². The molecule has 0 spiro atoms. The van der Waals surface area contributed by atoms with E-state index in [4.69, 9.17) is 0 Å². The third-order valence-corrected chi connectivity index (χ3v) is 4.88. The van der Waals surface area contributed by atoms with E-state index in [1.165, 1.54) is 4.90 Å². The number of benzene rings is 1. The lowest BCUT2D eigenvalue weighted by Gasteiger charge is -2.34. The summed E-state index contributed by atoms with van der Waals surface area (Å²) in [6.07, 6.45) is 0.563. The Morgan fingerprint density at radius 3 is 2.42 bits per heavy atom. The average Bonchev–Trinajstić information content (AvgIpc) is 2.55. The van der Waals surface area contributed by atoms with Crippen LogP contribution in [-0.2, 0) is 9.59 Å². The molecular formula is C18H27N3O2S. The molecule has 1 aromatic rings. The first-order valence-electron chi connectivity index (χ1n) is 8.52. The Bertz CT molecular complexity index is 528. The van der Waals surface area contributed by atoms with Crippen molar-refractivity contribution in [3.63, 3.8) is 0 Å². The molecule has 0 atom stereocenters. The molecule has 0 aromatic heterocycles. The van der Waals surface area contributed by atoms with Crippen molar-refractivity contribution in [2.75, 3.05) is 38.5 Å². The number of nitrogens with one attached hydrogen (secondary N) is 1. The van der Waals surface area contributed by atoms with Gasteiger partial charge < -0.3 is 10.2 Å². The van der Waals surface area contributed by atoms with E-state index < -0.39 is 0 Å². The van der Waals surface area contributed by atoms with E-state index in [9.17, 15) is 9.59 Å². The van der Waals surface area contributed by atoms with Crippen LogP contribution in [-0.4, -0.2) is 66.1 Å². The van der Waals surface area contributed by atoms with E-state index in [1.807, 2.05) is 36.9 Å². The van der Waals surface area contributed by atoms with Crippen molar-refractivity contribution in [1.29, 1.82) is 0 Å². The molecule has 1 heterocycles. The van der Waals surface area contributed by atoms with E-state index in [1.54, 1.807) is 11.8 Å². The smallest absolute Gasteiger partial charge is 0.234 e. The molecule has 1 fully saturated rings. The molecule has 0 bridgehead atoms. The Morgan fingerprint density at radius 1 is 1.12 bits per heavy atom. The topological polar surface area (TPSA) is 52.7 Å². The highest BCUT2D eigenvalue weighted by atomic mass is 32.2. The van der Waals surface area contributed by atoms with Gasteiger partial charge >= 0.3 is 0 Å². The minimum atomic E-state index is 0.0593. The summed E-state index contributed by atoms with van der Waals surface area (Å²) in [6.45, 7) is 7.30. The normalized spacial score (nSPS) is 15.5. The first-order chi connectivity index (χ1) is 11.5. The molecule has 2 rings (SSSR count). The molecule has 24 heavy (non-hydrogen) atoms. The van der Waals surface area contributed by atoms with Crippen molar-refractivity contribution in [1.82, 2.24) is 15.1 Å². The first-order valence-corrected chi connectivity index (χ1v) is 9.50. The Hall–Kier alpha value is -1.53. The molecule has 0 unspecified atom stereocenters. The van der Waals surface area contributed by atoms with Crippen molar-refractivity contribution < 1.29 is 9.59 Å². The maximum absolute atomic E-state index is 12.3. The van der Waals surface area contributed by atoms with E-state index in [2.05, 4.69) is 22.3 Å². The third-order valence-electron chi connectivity index (χ3n) is 3.87. The number of piperazine rings is 1. The molecule has 5 nitrogen and oxygen atoms in total. The first kappa shape index (κ1) is 18.8. The van der Waals surface area contributed by atoms with Crippen LogP contribution in [0.1, 0.15) is 20.3 Å². The van der Waals surface area contributed by atoms with Crippen molar-refractivity contribution >= 4 is 23.6 Å². The second kappa shape index (κ2) is 9.69. The summed E-state index contributed by atoms with van der Waals surface area (Å²) in [5.41, 5.74) is 0. The molecule has 1 aliphatic rings. The Labute approximate surface area is 148 Å². The predicted octanol–water partition coefficient (Wildman–Crippen LogP) is 1.84. The molecule has 1 aromatic carbocycles. The molecule has 1 saturated heterocycles. The Balaban J connectivity index is 1.64. The van der Waals surface area contributed by atoms with Gasteiger partial charge in [-0.3, -0.25) is 14.5 Å². The van der Waals surface area contributed by atoms with E-state index >= 15 is 0 Å². The zero-order chi connectivity index (χ0) is 17.4. The summed E-state index contributed by atoms with van der Waals surface area (Å²) in [6, 6.07) is 10.3. The fourth-order valence-electron chi connectivity index (χ4n) is 2.66. The second-order valence-electron chi connectivity index (χ2n) is 6.29. The monoisotopic (exact) mass is 349 g/mol. The largest absolute Gasteiger partial charge is 0.353 e. The SMILES string of the molecule is CC(C)NC(=O)CN1CCN(C(=O)CCSc2ccccc2)CC1. The van der Waals surface area contributed by atoms with Gasteiger partial charge in [-0.1, -0.05) is 18.2 Å². The lowest BCUT2D eigenvalue weighted by molar-refractivity contribution is -0.132. The maximum atomic E-state index is 12.3. The van der Waals surface area contributed by atoms with Gasteiger partial charge in [0.25, 0.3) is 0 Å². The van der Waals surface area contributed by atoms with Gasteiger partial charge in [-0.15, -0.1) is 11.8 Å². The van der Waals surface area contributed by atoms with E-state index in [0.29, 0.717) is 26.1 Å². The molecule has 1 aliphatic heterocycles. The molecule has 6 heteroatoms. The minimum absolute atomic E-state index is 0.0593. The number of hydrogen-bond donors (Lipinski definition) is 1. The van der Waals surface area contributed by atoms with Crippen LogP contribution in [0.4, 0.5) is 0 Å². The number of carbonyl (C=O) groups excluding carboxylic acids is 2. The number of rotatable bonds is 7. The number of carbonyl (C=O) groups is 2. The van der Waals surface area contributed by atoms with Gasteiger partial charge in [0.1, 0.15) is 0 Å². The van der Waals surface area contributed by atoms with Crippen molar-refractivity contribution in [2.24, 2.45) is 0 Å². The maximum Gasteiger partial charge on any atom is 0.234 e. The fourth-order valence-corrected chi connectivity index (χ4v) is 3.52. The highest BCUT2D eigenvalue weighted by Gasteiger charge is 2.22. The van der Waals surface area contributed by atoms with Gasteiger partial charge in [0.15, 0.2) is 0 Å². The molecule has 132 valence electrons. The summed E-state index contributed by atoms with van der Waals surface area (Å²) < 4.78 is 0. The molecule has 1 N–H and O–H groups in total. The molecule has 0 saturated carbocycles. The highest BCUT2D eigenvalue weighted by Crippen LogP contribution is 2.18. The second-order valence-corrected chi connectivity index (χ2v) is 7.46. The van der Waals surface area contributed by atoms with Crippen molar-refractivity contribution in [3.05, 3.63) is 30.3 Å². The standard InChI is InChI=1S/C18H27N3O2S/c1-15(2)19-17(22)14-20-9-11-21(12-10-20)18(23)8-13-24-16-6-4-3-5-7-16/h3-7,15H,8-14H2,1-2H3,(H,19,22). The van der Waals surface area contributed by atoms with Crippen LogP contribution in [0.2, 0.25) is 0 Å². The van der Waals surface area contributed by atoms with E-state index in [0.717, 1.165) is 18.8 Å². The fraction of sp³-hybridized carbons (Fsp3) is 0.556. The van der Waals surface area contributed by atoms with Crippen LogP contribution in [0.5, 0.6) is 0 Å².